The van der Waals surface area contributed by atoms with Crippen LogP contribution in [0.2, 0.25) is 5.02 Å². The van der Waals surface area contributed by atoms with E-state index in [9.17, 15) is 14.0 Å². The molecule has 0 spiro atoms. The molecule has 0 radical (unpaired) electrons. The van der Waals surface area contributed by atoms with Crippen LogP contribution in [0, 0.1) is 17.7 Å². The Kier molecular flexibility index (Phi) is 7.11. The van der Waals surface area contributed by atoms with Crippen molar-refractivity contribution < 1.29 is 18.8 Å². The van der Waals surface area contributed by atoms with E-state index < -0.39 is 11.9 Å². The maximum atomic E-state index is 13.2. The van der Waals surface area contributed by atoms with Crippen LogP contribution in [0.5, 0.6) is 0 Å². The van der Waals surface area contributed by atoms with E-state index in [0.29, 0.717) is 37.5 Å². The van der Waals surface area contributed by atoms with Crippen LogP contribution in [-0.2, 0) is 14.4 Å². The Morgan fingerprint density at radius 3 is 2.69 bits per heavy atom. The van der Waals surface area contributed by atoms with Crippen molar-refractivity contribution in [1.82, 2.24) is 4.90 Å². The summed E-state index contributed by atoms with van der Waals surface area (Å²) in [7, 11) is 0. The number of carbonyl (C=O) groups is 2. The van der Waals surface area contributed by atoms with Gasteiger partial charge in [0.2, 0.25) is 12.0 Å². The summed E-state index contributed by atoms with van der Waals surface area (Å²) in [5.74, 6) is 0.0582. The molecular formula is C21H27ClFN3O3. The quantitative estimate of drug-likeness (QED) is 0.744. The molecular weight excluding hydrogens is 397 g/mol. The summed E-state index contributed by atoms with van der Waals surface area (Å²) in [6.07, 6.45) is 2.95. The number of anilines is 1. The standard InChI is InChI=1S/C21H27ClFN3O3/c1-13(2)18-12-19(29-25-18)21(28)26-9-7-14(8-10-26)3-6-20(27)24-15-4-5-17(23)16(22)11-15/h4-5,11,13-14,19H,3,6-10,12H2,1-2H3,(H,24,27). The highest BCUT2D eigenvalue weighted by molar-refractivity contribution is 6.31. The highest BCUT2D eigenvalue weighted by Crippen LogP contribution is 2.25. The first-order chi connectivity index (χ1) is 13.8. The van der Waals surface area contributed by atoms with Gasteiger partial charge >= 0.3 is 0 Å². The third-order valence-corrected chi connectivity index (χ3v) is 5.83. The van der Waals surface area contributed by atoms with Crippen molar-refractivity contribution in [2.75, 3.05) is 18.4 Å². The molecule has 8 heteroatoms. The van der Waals surface area contributed by atoms with E-state index in [0.717, 1.165) is 25.0 Å². The topological polar surface area (TPSA) is 71.0 Å². The van der Waals surface area contributed by atoms with Gasteiger partial charge in [-0.15, -0.1) is 0 Å². The summed E-state index contributed by atoms with van der Waals surface area (Å²) in [5.41, 5.74) is 1.42. The van der Waals surface area contributed by atoms with Crippen molar-refractivity contribution in [1.29, 1.82) is 0 Å². The van der Waals surface area contributed by atoms with E-state index in [1.165, 1.54) is 18.2 Å². The molecule has 2 aliphatic rings. The number of benzene rings is 1. The summed E-state index contributed by atoms with van der Waals surface area (Å²) < 4.78 is 13.2. The molecule has 1 fully saturated rings. The molecule has 0 saturated carbocycles. The molecule has 29 heavy (non-hydrogen) atoms. The lowest BCUT2D eigenvalue weighted by Gasteiger charge is -2.33. The molecule has 158 valence electrons. The van der Waals surface area contributed by atoms with Crippen LogP contribution in [0.25, 0.3) is 0 Å². The Bertz CT molecular complexity index is 791. The van der Waals surface area contributed by atoms with Crippen molar-refractivity contribution in [3.8, 4) is 0 Å². The highest BCUT2D eigenvalue weighted by Gasteiger charge is 2.34. The maximum Gasteiger partial charge on any atom is 0.266 e. The first-order valence-electron chi connectivity index (χ1n) is 10.1. The Balaban J connectivity index is 1.38. The third kappa shape index (κ3) is 5.69. The van der Waals surface area contributed by atoms with Crippen LogP contribution in [-0.4, -0.2) is 41.6 Å². The van der Waals surface area contributed by atoms with Crippen molar-refractivity contribution in [3.63, 3.8) is 0 Å². The molecule has 1 N–H and O–H groups in total. The lowest BCUT2D eigenvalue weighted by Crippen LogP contribution is -2.44. The lowest BCUT2D eigenvalue weighted by atomic mass is 9.91. The number of likely N-dealkylation sites (tertiary alicyclic amines) is 1. The minimum absolute atomic E-state index is 0.00813. The largest absolute Gasteiger partial charge is 0.382 e. The third-order valence-electron chi connectivity index (χ3n) is 5.54. The summed E-state index contributed by atoms with van der Waals surface area (Å²) in [5, 5.41) is 6.76. The van der Waals surface area contributed by atoms with Gasteiger partial charge in [0.15, 0.2) is 0 Å². The fourth-order valence-electron chi connectivity index (χ4n) is 3.65. The molecule has 0 aliphatic carbocycles. The van der Waals surface area contributed by atoms with Crippen LogP contribution in [0.3, 0.4) is 0 Å². The number of halogens is 2. The molecule has 1 unspecified atom stereocenters. The second kappa shape index (κ2) is 9.57. The van der Waals surface area contributed by atoms with Crippen molar-refractivity contribution in [2.45, 2.75) is 52.1 Å². The van der Waals surface area contributed by atoms with Gasteiger partial charge in [-0.25, -0.2) is 4.39 Å². The monoisotopic (exact) mass is 423 g/mol. The smallest absolute Gasteiger partial charge is 0.266 e. The van der Waals surface area contributed by atoms with Gasteiger partial charge in [-0.1, -0.05) is 30.6 Å². The van der Waals surface area contributed by atoms with Crippen LogP contribution in [0.15, 0.2) is 23.4 Å². The molecule has 1 aromatic rings. The van der Waals surface area contributed by atoms with E-state index in [1.807, 2.05) is 18.7 Å². The van der Waals surface area contributed by atoms with Crippen molar-refractivity contribution >= 4 is 34.8 Å². The average Bonchev–Trinajstić information content (AvgIpc) is 3.20. The lowest BCUT2D eigenvalue weighted by molar-refractivity contribution is -0.143. The summed E-state index contributed by atoms with van der Waals surface area (Å²) >= 11 is 5.73. The Morgan fingerprint density at radius 2 is 2.07 bits per heavy atom. The Hall–Kier alpha value is -2.15. The van der Waals surface area contributed by atoms with Crippen molar-refractivity contribution in [2.24, 2.45) is 17.0 Å². The Labute approximate surface area is 175 Å². The Morgan fingerprint density at radius 1 is 1.34 bits per heavy atom. The maximum absolute atomic E-state index is 13.2. The number of piperidine rings is 1. The predicted octanol–water partition coefficient (Wildman–Crippen LogP) is 4.24. The number of amides is 2. The normalized spacial score (nSPS) is 19.8. The number of rotatable bonds is 6. The fourth-order valence-corrected chi connectivity index (χ4v) is 3.83. The molecule has 6 nitrogen and oxygen atoms in total. The van der Waals surface area contributed by atoms with E-state index in [1.54, 1.807) is 0 Å². The van der Waals surface area contributed by atoms with E-state index in [4.69, 9.17) is 16.4 Å². The molecule has 0 bridgehead atoms. The highest BCUT2D eigenvalue weighted by atomic mass is 35.5. The van der Waals surface area contributed by atoms with Crippen LogP contribution in [0.1, 0.15) is 46.0 Å². The summed E-state index contributed by atoms with van der Waals surface area (Å²) in [4.78, 5) is 31.9. The van der Waals surface area contributed by atoms with Crippen LogP contribution >= 0.6 is 11.6 Å². The molecule has 2 aliphatic heterocycles. The number of carbonyl (C=O) groups excluding carboxylic acids is 2. The zero-order chi connectivity index (χ0) is 21.0. The predicted molar refractivity (Wildman–Crippen MR) is 110 cm³/mol. The molecule has 1 saturated heterocycles. The fraction of sp³-hybridized carbons (Fsp3) is 0.571. The number of nitrogens with one attached hydrogen (secondary N) is 1. The van der Waals surface area contributed by atoms with Gasteiger partial charge in [-0.05, 0) is 49.3 Å². The average molecular weight is 424 g/mol. The van der Waals surface area contributed by atoms with Gasteiger partial charge in [0, 0.05) is 31.6 Å². The van der Waals surface area contributed by atoms with Gasteiger partial charge in [0.1, 0.15) is 5.82 Å². The minimum Gasteiger partial charge on any atom is -0.382 e. The van der Waals surface area contributed by atoms with Gasteiger partial charge in [0.25, 0.3) is 5.91 Å². The van der Waals surface area contributed by atoms with Gasteiger partial charge in [-0.2, -0.15) is 0 Å². The van der Waals surface area contributed by atoms with Crippen molar-refractivity contribution in [3.05, 3.63) is 29.0 Å². The van der Waals surface area contributed by atoms with E-state index in [2.05, 4.69) is 10.5 Å². The number of hydrogen-bond acceptors (Lipinski definition) is 4. The molecule has 3 rings (SSSR count). The SMILES string of the molecule is CC(C)C1=NOC(C(=O)N2CCC(CCC(=O)Nc3ccc(F)c(Cl)c3)CC2)C1. The first kappa shape index (κ1) is 21.6. The second-order valence-corrected chi connectivity index (χ2v) is 8.43. The zero-order valence-electron chi connectivity index (χ0n) is 16.8. The van der Waals surface area contributed by atoms with Gasteiger partial charge in [-0.3, -0.25) is 9.59 Å². The summed E-state index contributed by atoms with van der Waals surface area (Å²) in [6.45, 7) is 5.44. The van der Waals surface area contributed by atoms with Gasteiger partial charge < -0.3 is 15.1 Å². The molecule has 2 amide bonds. The van der Waals surface area contributed by atoms with Crippen LogP contribution < -0.4 is 5.32 Å². The summed E-state index contributed by atoms with van der Waals surface area (Å²) in [6, 6.07) is 4.12. The molecule has 1 atom stereocenters. The molecule has 0 aromatic heterocycles. The number of nitrogens with zero attached hydrogens (tertiary/aromatic N) is 2. The number of oxime groups is 1. The van der Waals surface area contributed by atoms with Crippen LogP contribution in [0.4, 0.5) is 10.1 Å². The van der Waals surface area contributed by atoms with E-state index in [-0.39, 0.29) is 22.8 Å². The zero-order valence-corrected chi connectivity index (χ0v) is 17.5. The second-order valence-electron chi connectivity index (χ2n) is 8.02. The number of hydrogen-bond donors (Lipinski definition) is 1. The minimum atomic E-state index is -0.513. The first-order valence-corrected chi connectivity index (χ1v) is 10.5. The molecule has 1 aromatic carbocycles. The van der Waals surface area contributed by atoms with Gasteiger partial charge in [0.05, 0.1) is 10.7 Å². The van der Waals surface area contributed by atoms with E-state index >= 15 is 0 Å². The molecule has 2 heterocycles.